The second-order valence-corrected chi connectivity index (χ2v) is 10.3. The molecule has 0 spiro atoms. The minimum atomic E-state index is -3.52. The SMILES string of the molecule is Cc1[nH]c2ccccc2c1C(=O)CSc1nnc(CN(c2ccccc2)S(C)(=O)=O)n1C. The third-order valence-electron chi connectivity index (χ3n) is 5.16. The van der Waals surface area contributed by atoms with Crippen LogP contribution in [-0.2, 0) is 23.6 Å². The minimum Gasteiger partial charge on any atom is -0.358 e. The van der Waals surface area contributed by atoms with E-state index in [9.17, 15) is 13.2 Å². The van der Waals surface area contributed by atoms with Crippen molar-refractivity contribution in [3.8, 4) is 0 Å². The zero-order chi connectivity index (χ0) is 22.9. The number of ketones is 1. The summed E-state index contributed by atoms with van der Waals surface area (Å²) < 4.78 is 27.7. The first kappa shape index (κ1) is 22.1. The number of hydrogen-bond acceptors (Lipinski definition) is 6. The lowest BCUT2D eigenvalue weighted by molar-refractivity contribution is 0.102. The molecule has 2 aromatic heterocycles. The van der Waals surface area contributed by atoms with Crippen molar-refractivity contribution in [2.24, 2.45) is 7.05 Å². The molecule has 166 valence electrons. The van der Waals surface area contributed by atoms with Crippen LogP contribution in [0.5, 0.6) is 0 Å². The van der Waals surface area contributed by atoms with Crippen molar-refractivity contribution in [1.82, 2.24) is 19.7 Å². The highest BCUT2D eigenvalue weighted by atomic mass is 32.2. The number of anilines is 1. The number of carbonyl (C=O) groups excluding carboxylic acids is 1. The first-order valence-electron chi connectivity index (χ1n) is 9.90. The number of carbonyl (C=O) groups is 1. The molecule has 0 saturated heterocycles. The van der Waals surface area contributed by atoms with Crippen LogP contribution in [-0.4, -0.2) is 46.0 Å². The maximum absolute atomic E-state index is 12.9. The van der Waals surface area contributed by atoms with Crippen molar-refractivity contribution < 1.29 is 13.2 Å². The molecule has 1 N–H and O–H groups in total. The molecule has 10 heteroatoms. The Labute approximate surface area is 190 Å². The molecule has 0 radical (unpaired) electrons. The van der Waals surface area contributed by atoms with E-state index in [1.54, 1.807) is 35.9 Å². The molecule has 4 aromatic rings. The van der Waals surface area contributed by atoms with E-state index in [2.05, 4.69) is 15.2 Å². The fourth-order valence-electron chi connectivity index (χ4n) is 3.57. The summed E-state index contributed by atoms with van der Waals surface area (Å²) in [4.78, 5) is 16.2. The third-order valence-corrected chi connectivity index (χ3v) is 7.32. The molecular weight excluding hydrogens is 446 g/mol. The van der Waals surface area contributed by atoms with E-state index in [1.807, 2.05) is 37.3 Å². The lowest BCUT2D eigenvalue weighted by Gasteiger charge is -2.21. The molecule has 2 aromatic carbocycles. The number of para-hydroxylation sites is 2. The van der Waals surface area contributed by atoms with Crippen LogP contribution in [0, 0.1) is 6.92 Å². The molecule has 0 saturated carbocycles. The van der Waals surface area contributed by atoms with Crippen LogP contribution >= 0.6 is 11.8 Å². The summed E-state index contributed by atoms with van der Waals surface area (Å²) in [7, 11) is -1.75. The summed E-state index contributed by atoms with van der Waals surface area (Å²) in [6.07, 6.45) is 1.16. The van der Waals surface area contributed by atoms with Crippen molar-refractivity contribution >= 4 is 44.2 Å². The normalized spacial score (nSPS) is 11.7. The predicted molar refractivity (Wildman–Crippen MR) is 127 cm³/mol. The Hall–Kier alpha value is -3.11. The predicted octanol–water partition coefficient (Wildman–Crippen LogP) is 3.55. The molecule has 0 atom stereocenters. The number of benzene rings is 2. The van der Waals surface area contributed by atoms with E-state index in [0.717, 1.165) is 22.9 Å². The van der Waals surface area contributed by atoms with Gasteiger partial charge in [-0.05, 0) is 25.1 Å². The number of sulfonamides is 1. The van der Waals surface area contributed by atoms with Crippen molar-refractivity contribution in [2.45, 2.75) is 18.6 Å². The molecule has 0 aliphatic heterocycles. The maximum Gasteiger partial charge on any atom is 0.232 e. The molecule has 0 amide bonds. The van der Waals surface area contributed by atoms with E-state index >= 15 is 0 Å². The largest absolute Gasteiger partial charge is 0.358 e. The number of H-pyrrole nitrogens is 1. The summed E-state index contributed by atoms with van der Waals surface area (Å²) >= 11 is 1.28. The van der Waals surface area contributed by atoms with E-state index in [4.69, 9.17) is 0 Å². The van der Waals surface area contributed by atoms with Crippen molar-refractivity contribution in [1.29, 1.82) is 0 Å². The molecule has 4 rings (SSSR count). The van der Waals surface area contributed by atoms with Gasteiger partial charge in [-0.3, -0.25) is 9.10 Å². The Kier molecular flexibility index (Phi) is 6.07. The van der Waals surface area contributed by atoms with Gasteiger partial charge >= 0.3 is 0 Å². The van der Waals surface area contributed by atoms with E-state index in [1.165, 1.54) is 16.1 Å². The van der Waals surface area contributed by atoms with Gasteiger partial charge in [0, 0.05) is 29.2 Å². The zero-order valence-corrected chi connectivity index (χ0v) is 19.6. The van der Waals surface area contributed by atoms with E-state index in [0.29, 0.717) is 22.2 Å². The van der Waals surface area contributed by atoms with Crippen LogP contribution in [0.4, 0.5) is 5.69 Å². The number of fused-ring (bicyclic) bond motifs is 1. The van der Waals surface area contributed by atoms with Crippen LogP contribution in [0.25, 0.3) is 10.9 Å². The van der Waals surface area contributed by atoms with Gasteiger partial charge in [0.15, 0.2) is 16.8 Å². The molecule has 2 heterocycles. The summed E-state index contributed by atoms with van der Waals surface area (Å²) in [5, 5.41) is 9.80. The number of aromatic nitrogens is 4. The smallest absolute Gasteiger partial charge is 0.232 e. The quantitative estimate of drug-likeness (QED) is 0.313. The monoisotopic (exact) mass is 469 g/mol. The standard InChI is InChI=1S/C22H23N5O3S2/c1-15-21(17-11-7-8-12-18(17)23-15)19(28)14-31-22-25-24-20(26(22)2)13-27(32(3,29)30)16-9-5-4-6-10-16/h4-12,23H,13-14H2,1-3H3. The van der Waals surface area contributed by atoms with Crippen molar-refractivity contribution in [3.05, 3.63) is 71.7 Å². The molecule has 0 unspecified atom stereocenters. The van der Waals surface area contributed by atoms with E-state index in [-0.39, 0.29) is 18.1 Å². The van der Waals surface area contributed by atoms with Gasteiger partial charge in [-0.15, -0.1) is 10.2 Å². The number of aromatic amines is 1. The second-order valence-electron chi connectivity index (χ2n) is 7.45. The number of thioether (sulfide) groups is 1. The maximum atomic E-state index is 12.9. The van der Waals surface area contributed by atoms with Crippen molar-refractivity contribution in [3.63, 3.8) is 0 Å². The Morgan fingerprint density at radius 2 is 1.78 bits per heavy atom. The van der Waals surface area contributed by atoms with Crippen LogP contribution in [0.15, 0.2) is 59.8 Å². The molecule has 0 aliphatic carbocycles. The summed E-state index contributed by atoms with van der Waals surface area (Å²) in [6, 6.07) is 16.6. The average molecular weight is 470 g/mol. The van der Waals surface area contributed by atoms with Gasteiger partial charge in [0.1, 0.15) is 0 Å². The number of nitrogens with zero attached hydrogens (tertiary/aromatic N) is 4. The van der Waals surface area contributed by atoms with Gasteiger partial charge in [0.25, 0.3) is 0 Å². The Morgan fingerprint density at radius 3 is 2.50 bits per heavy atom. The van der Waals surface area contributed by atoms with Gasteiger partial charge in [0.2, 0.25) is 10.0 Å². The second kappa shape index (κ2) is 8.79. The van der Waals surface area contributed by atoms with Crippen molar-refractivity contribution in [2.75, 3.05) is 16.3 Å². The lowest BCUT2D eigenvalue weighted by atomic mass is 10.1. The fourth-order valence-corrected chi connectivity index (χ4v) is 5.23. The average Bonchev–Trinajstić information content (AvgIpc) is 3.28. The van der Waals surface area contributed by atoms with Crippen LogP contribution in [0.1, 0.15) is 21.9 Å². The minimum absolute atomic E-state index is 0.00320. The highest BCUT2D eigenvalue weighted by Crippen LogP contribution is 2.26. The Morgan fingerprint density at radius 1 is 1.09 bits per heavy atom. The molecule has 0 bridgehead atoms. The highest BCUT2D eigenvalue weighted by Gasteiger charge is 2.22. The number of Topliss-reactive ketones (excluding diaryl/α,β-unsaturated/α-hetero) is 1. The van der Waals surface area contributed by atoms with Crippen LogP contribution < -0.4 is 4.31 Å². The first-order chi connectivity index (χ1) is 15.3. The summed E-state index contributed by atoms with van der Waals surface area (Å²) in [6.45, 7) is 1.93. The molecule has 0 aliphatic rings. The third kappa shape index (κ3) is 4.42. The first-order valence-corrected chi connectivity index (χ1v) is 12.7. The van der Waals surface area contributed by atoms with Gasteiger partial charge in [0.05, 0.1) is 24.2 Å². The molecule has 32 heavy (non-hydrogen) atoms. The fraction of sp³-hybridized carbons (Fsp3) is 0.227. The Balaban J connectivity index is 1.52. The topological polar surface area (TPSA) is 101 Å². The van der Waals surface area contributed by atoms with Gasteiger partial charge < -0.3 is 9.55 Å². The van der Waals surface area contributed by atoms with Crippen LogP contribution in [0.3, 0.4) is 0 Å². The summed E-state index contributed by atoms with van der Waals surface area (Å²) in [5.74, 6) is 0.678. The van der Waals surface area contributed by atoms with E-state index < -0.39 is 10.0 Å². The van der Waals surface area contributed by atoms with Gasteiger partial charge in [-0.2, -0.15) is 0 Å². The highest BCUT2D eigenvalue weighted by molar-refractivity contribution is 7.99. The van der Waals surface area contributed by atoms with Crippen LogP contribution in [0.2, 0.25) is 0 Å². The molecule has 0 fully saturated rings. The number of nitrogens with one attached hydrogen (secondary N) is 1. The summed E-state index contributed by atoms with van der Waals surface area (Å²) in [5.41, 5.74) is 3.00. The van der Waals surface area contributed by atoms with Gasteiger partial charge in [-0.25, -0.2) is 8.42 Å². The zero-order valence-electron chi connectivity index (χ0n) is 17.9. The lowest BCUT2D eigenvalue weighted by Crippen LogP contribution is -2.30. The number of rotatable bonds is 8. The molecule has 8 nitrogen and oxygen atoms in total. The van der Waals surface area contributed by atoms with Gasteiger partial charge in [-0.1, -0.05) is 48.2 Å². The molecular formula is C22H23N5O3S2. The Bertz CT molecular complexity index is 1380. The number of aryl methyl sites for hydroxylation is 1. The number of hydrogen-bond donors (Lipinski definition) is 1.